The third-order valence-electron chi connectivity index (χ3n) is 10.8. The zero-order chi connectivity index (χ0) is 22.7. The lowest BCUT2D eigenvalue weighted by Crippen LogP contribution is -2.51. The number of rotatable bonds is 4. The molecule has 1 aromatic rings. The second kappa shape index (κ2) is 8.24. The molecule has 1 aromatic carbocycles. The molecule has 0 radical (unpaired) electrons. The molecule has 3 heteroatoms. The first-order chi connectivity index (χ1) is 15.2. The molecule has 0 aromatic heterocycles. The molecule has 2 nitrogen and oxygen atoms in total. The highest BCUT2D eigenvalue weighted by Gasteiger charge is 2.59. The Labute approximate surface area is 193 Å². The minimum atomic E-state index is -0.381. The van der Waals surface area contributed by atoms with Gasteiger partial charge in [0.2, 0.25) is 0 Å². The van der Waals surface area contributed by atoms with E-state index in [2.05, 4.69) is 26.8 Å². The fourth-order valence-corrected chi connectivity index (χ4v) is 8.86. The normalized spacial score (nSPS) is 42.9. The summed E-state index contributed by atoms with van der Waals surface area (Å²) >= 11 is 0. The quantitative estimate of drug-likeness (QED) is 0.539. The van der Waals surface area contributed by atoms with E-state index >= 15 is 0 Å². The molecular weight excluding hydrogens is 399 g/mol. The first kappa shape index (κ1) is 22.6. The molecule has 3 saturated carbocycles. The molecule has 0 heterocycles. The Morgan fingerprint density at radius 3 is 2.53 bits per heavy atom. The molecule has 176 valence electrons. The maximum Gasteiger partial charge on any atom is 0.123 e. The van der Waals surface area contributed by atoms with Crippen LogP contribution >= 0.6 is 0 Å². The standard InChI is InChI=1S/C29H41FO2/c1-18(27(32)16-19-4-7-21(30)8-5-19)24-10-11-25-23-9-6-20-17-22(31)12-14-28(20,2)26(23)13-15-29(24,25)3/h4-8,18,22-27,31-32H,9-17H2,1-3H3/t18-,22-,23?,24?,25?,26?,27-,28-,29+/m0/s1. The summed E-state index contributed by atoms with van der Waals surface area (Å²) in [6, 6.07) is 6.61. The van der Waals surface area contributed by atoms with E-state index < -0.39 is 0 Å². The fraction of sp³-hybridized carbons (Fsp3) is 0.724. The third kappa shape index (κ3) is 3.59. The van der Waals surface area contributed by atoms with Crippen LogP contribution in [-0.4, -0.2) is 22.4 Å². The van der Waals surface area contributed by atoms with Crippen molar-refractivity contribution in [3.63, 3.8) is 0 Å². The van der Waals surface area contributed by atoms with Crippen LogP contribution in [0.1, 0.15) is 77.7 Å². The van der Waals surface area contributed by atoms with Crippen molar-refractivity contribution in [2.45, 2.75) is 90.8 Å². The molecule has 4 aliphatic carbocycles. The molecular formula is C29H41FO2. The molecule has 9 atom stereocenters. The minimum Gasteiger partial charge on any atom is -0.393 e. The average Bonchev–Trinajstić information content (AvgIpc) is 3.12. The second-order valence-corrected chi connectivity index (χ2v) is 12.1. The SMILES string of the molecule is C[C@@H](C1CCC2C3CC=C4C[C@@H](O)CC[C@]4(C)C3CC[C@@]21C)[C@@H](O)Cc1ccc(F)cc1. The molecule has 4 unspecified atom stereocenters. The number of benzene rings is 1. The Morgan fingerprint density at radius 2 is 1.78 bits per heavy atom. The summed E-state index contributed by atoms with van der Waals surface area (Å²) in [4.78, 5) is 0. The van der Waals surface area contributed by atoms with Gasteiger partial charge < -0.3 is 10.2 Å². The molecule has 0 saturated heterocycles. The molecule has 2 N–H and O–H groups in total. The number of hydrogen-bond acceptors (Lipinski definition) is 2. The van der Waals surface area contributed by atoms with Crippen LogP contribution in [0, 0.1) is 46.2 Å². The van der Waals surface area contributed by atoms with E-state index in [9.17, 15) is 14.6 Å². The topological polar surface area (TPSA) is 40.5 Å². The monoisotopic (exact) mass is 440 g/mol. The van der Waals surface area contributed by atoms with Crippen LogP contribution in [0.5, 0.6) is 0 Å². The van der Waals surface area contributed by atoms with Crippen molar-refractivity contribution in [3.8, 4) is 0 Å². The Bertz CT molecular complexity index is 862. The molecule has 0 amide bonds. The summed E-state index contributed by atoms with van der Waals surface area (Å²) in [5, 5.41) is 21.4. The van der Waals surface area contributed by atoms with Gasteiger partial charge in [0.25, 0.3) is 0 Å². The van der Waals surface area contributed by atoms with Gasteiger partial charge in [0, 0.05) is 0 Å². The Balaban J connectivity index is 1.33. The Kier molecular flexibility index (Phi) is 5.82. The minimum absolute atomic E-state index is 0.140. The van der Waals surface area contributed by atoms with E-state index in [0.717, 1.165) is 42.6 Å². The van der Waals surface area contributed by atoms with Crippen molar-refractivity contribution in [3.05, 3.63) is 47.3 Å². The average molecular weight is 441 g/mol. The van der Waals surface area contributed by atoms with E-state index in [4.69, 9.17) is 0 Å². The Morgan fingerprint density at radius 1 is 1.03 bits per heavy atom. The van der Waals surface area contributed by atoms with Gasteiger partial charge in [-0.1, -0.05) is 44.6 Å². The summed E-state index contributed by atoms with van der Waals surface area (Å²) in [5.74, 6) is 2.84. The van der Waals surface area contributed by atoms with Crippen molar-refractivity contribution in [1.29, 1.82) is 0 Å². The van der Waals surface area contributed by atoms with Crippen LogP contribution in [0.15, 0.2) is 35.9 Å². The van der Waals surface area contributed by atoms with E-state index in [1.165, 1.54) is 44.2 Å². The van der Waals surface area contributed by atoms with Gasteiger partial charge in [-0.05, 0) is 116 Å². The molecule has 0 bridgehead atoms. The van der Waals surface area contributed by atoms with E-state index in [0.29, 0.717) is 17.8 Å². The maximum atomic E-state index is 13.3. The summed E-state index contributed by atoms with van der Waals surface area (Å²) < 4.78 is 13.3. The highest BCUT2D eigenvalue weighted by Crippen LogP contribution is 2.67. The zero-order valence-corrected chi connectivity index (χ0v) is 20.1. The van der Waals surface area contributed by atoms with E-state index in [-0.39, 0.29) is 29.4 Å². The molecule has 3 fully saturated rings. The van der Waals surface area contributed by atoms with Gasteiger partial charge in [-0.3, -0.25) is 0 Å². The number of allylic oxidation sites excluding steroid dienone is 1. The van der Waals surface area contributed by atoms with Crippen LogP contribution in [-0.2, 0) is 6.42 Å². The van der Waals surface area contributed by atoms with Crippen LogP contribution in [0.2, 0.25) is 0 Å². The summed E-state index contributed by atoms with van der Waals surface area (Å²) in [6.45, 7) is 7.27. The lowest BCUT2D eigenvalue weighted by Gasteiger charge is -2.58. The number of hydrogen-bond donors (Lipinski definition) is 2. The summed E-state index contributed by atoms with van der Waals surface area (Å²) in [6.07, 6.45) is 11.8. The van der Waals surface area contributed by atoms with Crippen molar-refractivity contribution >= 4 is 0 Å². The number of aliphatic hydroxyl groups is 2. The van der Waals surface area contributed by atoms with Crippen molar-refractivity contribution in [2.75, 3.05) is 0 Å². The van der Waals surface area contributed by atoms with Gasteiger partial charge >= 0.3 is 0 Å². The highest BCUT2D eigenvalue weighted by atomic mass is 19.1. The van der Waals surface area contributed by atoms with Crippen LogP contribution in [0.3, 0.4) is 0 Å². The van der Waals surface area contributed by atoms with Gasteiger partial charge in [-0.25, -0.2) is 4.39 Å². The predicted octanol–water partition coefficient (Wildman–Crippen LogP) is 6.31. The Hall–Kier alpha value is -1.19. The third-order valence-corrected chi connectivity index (χ3v) is 10.8. The largest absolute Gasteiger partial charge is 0.393 e. The first-order valence-corrected chi connectivity index (χ1v) is 13.0. The van der Waals surface area contributed by atoms with Crippen LogP contribution in [0.25, 0.3) is 0 Å². The zero-order valence-electron chi connectivity index (χ0n) is 20.1. The van der Waals surface area contributed by atoms with E-state index in [1.54, 1.807) is 5.57 Å². The first-order valence-electron chi connectivity index (χ1n) is 13.0. The van der Waals surface area contributed by atoms with Gasteiger partial charge in [0.15, 0.2) is 0 Å². The molecule has 0 aliphatic heterocycles. The lowest BCUT2D eigenvalue weighted by molar-refractivity contribution is -0.0671. The summed E-state index contributed by atoms with van der Waals surface area (Å²) in [5.41, 5.74) is 3.15. The van der Waals surface area contributed by atoms with E-state index in [1.807, 2.05) is 12.1 Å². The molecule has 32 heavy (non-hydrogen) atoms. The second-order valence-electron chi connectivity index (χ2n) is 12.1. The van der Waals surface area contributed by atoms with Gasteiger partial charge in [0.05, 0.1) is 12.2 Å². The fourth-order valence-electron chi connectivity index (χ4n) is 8.86. The van der Waals surface area contributed by atoms with Crippen molar-refractivity contribution in [1.82, 2.24) is 0 Å². The highest BCUT2D eigenvalue weighted by molar-refractivity contribution is 5.25. The van der Waals surface area contributed by atoms with Crippen molar-refractivity contribution < 1.29 is 14.6 Å². The summed E-state index contributed by atoms with van der Waals surface area (Å²) in [7, 11) is 0. The number of fused-ring (bicyclic) bond motifs is 5. The molecule has 0 spiro atoms. The number of aliphatic hydroxyl groups excluding tert-OH is 2. The van der Waals surface area contributed by atoms with Gasteiger partial charge in [0.1, 0.15) is 5.82 Å². The predicted molar refractivity (Wildman–Crippen MR) is 126 cm³/mol. The van der Waals surface area contributed by atoms with Crippen molar-refractivity contribution in [2.24, 2.45) is 40.4 Å². The van der Waals surface area contributed by atoms with Crippen LogP contribution in [0.4, 0.5) is 4.39 Å². The smallest absolute Gasteiger partial charge is 0.123 e. The number of halogens is 1. The van der Waals surface area contributed by atoms with Crippen LogP contribution < -0.4 is 0 Å². The maximum absolute atomic E-state index is 13.3. The molecule has 4 aliphatic rings. The van der Waals surface area contributed by atoms with Gasteiger partial charge in [-0.15, -0.1) is 0 Å². The lowest BCUT2D eigenvalue weighted by atomic mass is 9.47. The molecule has 5 rings (SSSR count). The van der Waals surface area contributed by atoms with Gasteiger partial charge in [-0.2, -0.15) is 0 Å².